The number of aromatic nitrogens is 2. The SMILES string of the molecule is Cc1ccc(OCCn2cc(C)c(=O)[nH]c2=O)cc1C. The molecule has 5 heteroatoms. The molecule has 0 atom stereocenters. The van der Waals surface area contributed by atoms with Crippen molar-refractivity contribution in [2.75, 3.05) is 6.61 Å². The molecule has 0 radical (unpaired) electrons. The van der Waals surface area contributed by atoms with Gasteiger partial charge in [-0.05, 0) is 44.0 Å². The molecule has 0 aliphatic rings. The number of hydrogen-bond donors (Lipinski definition) is 1. The molecule has 1 N–H and O–H groups in total. The van der Waals surface area contributed by atoms with Crippen molar-refractivity contribution in [3.8, 4) is 5.75 Å². The zero-order chi connectivity index (χ0) is 14.7. The minimum absolute atomic E-state index is 0.346. The normalized spacial score (nSPS) is 10.6. The molecule has 0 spiro atoms. The van der Waals surface area contributed by atoms with Crippen LogP contribution in [0, 0.1) is 20.8 Å². The van der Waals surface area contributed by atoms with Crippen LogP contribution in [-0.4, -0.2) is 16.2 Å². The van der Waals surface area contributed by atoms with Crippen LogP contribution in [0.1, 0.15) is 16.7 Å². The maximum Gasteiger partial charge on any atom is 0.328 e. The summed E-state index contributed by atoms with van der Waals surface area (Å²) in [6, 6.07) is 5.88. The fourth-order valence-electron chi connectivity index (χ4n) is 1.85. The molecule has 0 saturated heterocycles. The lowest BCUT2D eigenvalue weighted by Crippen LogP contribution is -2.32. The Morgan fingerprint density at radius 2 is 1.85 bits per heavy atom. The molecule has 0 aliphatic heterocycles. The first-order valence-corrected chi connectivity index (χ1v) is 6.48. The van der Waals surface area contributed by atoms with Crippen molar-refractivity contribution in [1.82, 2.24) is 9.55 Å². The third-order valence-electron chi connectivity index (χ3n) is 3.27. The van der Waals surface area contributed by atoms with E-state index in [4.69, 9.17) is 4.74 Å². The Morgan fingerprint density at radius 1 is 1.10 bits per heavy atom. The fraction of sp³-hybridized carbons (Fsp3) is 0.333. The summed E-state index contributed by atoms with van der Waals surface area (Å²) in [7, 11) is 0. The Bertz CT molecular complexity index is 729. The van der Waals surface area contributed by atoms with E-state index in [0.29, 0.717) is 18.7 Å². The van der Waals surface area contributed by atoms with E-state index >= 15 is 0 Å². The second-order valence-corrected chi connectivity index (χ2v) is 4.86. The third kappa shape index (κ3) is 3.17. The Kier molecular flexibility index (Phi) is 4.08. The summed E-state index contributed by atoms with van der Waals surface area (Å²) in [5.41, 5.74) is 2.13. The number of benzene rings is 1. The number of rotatable bonds is 4. The highest BCUT2D eigenvalue weighted by Crippen LogP contribution is 2.16. The van der Waals surface area contributed by atoms with Crippen molar-refractivity contribution in [2.45, 2.75) is 27.3 Å². The molecular weight excluding hydrogens is 256 g/mol. The lowest BCUT2D eigenvalue weighted by Gasteiger charge is -2.09. The van der Waals surface area contributed by atoms with Crippen molar-refractivity contribution in [1.29, 1.82) is 0 Å². The topological polar surface area (TPSA) is 64.1 Å². The maximum atomic E-state index is 11.6. The van der Waals surface area contributed by atoms with Gasteiger partial charge >= 0.3 is 5.69 Å². The summed E-state index contributed by atoms with van der Waals surface area (Å²) < 4.78 is 7.06. The molecule has 0 aliphatic carbocycles. The van der Waals surface area contributed by atoms with Crippen molar-refractivity contribution >= 4 is 0 Å². The highest BCUT2D eigenvalue weighted by Gasteiger charge is 2.02. The Hall–Kier alpha value is -2.30. The molecule has 0 fully saturated rings. The van der Waals surface area contributed by atoms with Crippen LogP contribution in [0.15, 0.2) is 34.0 Å². The standard InChI is InChI=1S/C15H18N2O3/c1-10-4-5-13(8-11(10)2)20-7-6-17-9-12(3)14(18)16-15(17)19/h4-5,8-9H,6-7H2,1-3H3,(H,16,18,19). The summed E-state index contributed by atoms with van der Waals surface area (Å²) in [5, 5.41) is 0. The van der Waals surface area contributed by atoms with E-state index in [0.717, 1.165) is 5.75 Å². The molecule has 1 aromatic carbocycles. The van der Waals surface area contributed by atoms with Gasteiger partial charge in [-0.25, -0.2) is 4.79 Å². The van der Waals surface area contributed by atoms with Crippen molar-refractivity contribution in [2.24, 2.45) is 0 Å². The van der Waals surface area contributed by atoms with Gasteiger partial charge in [0.2, 0.25) is 0 Å². The molecule has 0 unspecified atom stereocenters. The van der Waals surface area contributed by atoms with Crippen molar-refractivity contribution < 1.29 is 4.74 Å². The number of H-pyrrole nitrogens is 1. The predicted molar refractivity (Wildman–Crippen MR) is 77.5 cm³/mol. The molecule has 1 heterocycles. The number of aryl methyl sites for hydroxylation is 3. The molecular formula is C15H18N2O3. The highest BCUT2D eigenvalue weighted by molar-refractivity contribution is 5.33. The second kappa shape index (κ2) is 5.77. The predicted octanol–water partition coefficient (Wildman–Crippen LogP) is 1.54. The van der Waals surface area contributed by atoms with E-state index in [2.05, 4.69) is 4.98 Å². The molecule has 20 heavy (non-hydrogen) atoms. The first-order valence-electron chi connectivity index (χ1n) is 6.48. The Balaban J connectivity index is 2.03. The summed E-state index contributed by atoms with van der Waals surface area (Å²) in [4.78, 5) is 25.1. The van der Waals surface area contributed by atoms with E-state index in [9.17, 15) is 9.59 Å². The quantitative estimate of drug-likeness (QED) is 0.919. The van der Waals surface area contributed by atoms with Gasteiger partial charge in [0.15, 0.2) is 0 Å². The average molecular weight is 274 g/mol. The summed E-state index contributed by atoms with van der Waals surface area (Å²) in [6.45, 7) is 6.50. The Labute approximate surface area is 116 Å². The van der Waals surface area contributed by atoms with Crippen LogP contribution < -0.4 is 16.0 Å². The minimum atomic E-state index is -0.413. The molecule has 0 amide bonds. The average Bonchev–Trinajstić information content (AvgIpc) is 2.39. The summed E-state index contributed by atoms with van der Waals surface area (Å²) >= 11 is 0. The molecule has 2 rings (SSSR count). The van der Waals surface area contributed by atoms with Gasteiger partial charge in [-0.3, -0.25) is 14.3 Å². The van der Waals surface area contributed by atoms with E-state index in [-0.39, 0.29) is 5.56 Å². The lowest BCUT2D eigenvalue weighted by molar-refractivity contribution is 0.295. The number of aromatic amines is 1. The number of ether oxygens (including phenoxy) is 1. The van der Waals surface area contributed by atoms with Crippen LogP contribution in [0.2, 0.25) is 0 Å². The van der Waals surface area contributed by atoms with Gasteiger partial charge < -0.3 is 4.74 Å². The van der Waals surface area contributed by atoms with Crippen LogP contribution in [0.5, 0.6) is 5.75 Å². The van der Waals surface area contributed by atoms with Gasteiger partial charge in [0.25, 0.3) is 5.56 Å². The molecule has 1 aromatic heterocycles. The van der Waals surface area contributed by atoms with Crippen LogP contribution >= 0.6 is 0 Å². The first kappa shape index (κ1) is 14.1. The largest absolute Gasteiger partial charge is 0.492 e. The molecule has 5 nitrogen and oxygen atoms in total. The molecule has 106 valence electrons. The molecule has 2 aromatic rings. The Morgan fingerprint density at radius 3 is 2.55 bits per heavy atom. The summed E-state index contributed by atoms with van der Waals surface area (Å²) in [5.74, 6) is 0.780. The van der Waals surface area contributed by atoms with Crippen molar-refractivity contribution in [3.05, 3.63) is 61.9 Å². The molecule has 0 bridgehead atoms. The van der Waals surface area contributed by atoms with Gasteiger partial charge in [-0.2, -0.15) is 0 Å². The number of hydrogen-bond acceptors (Lipinski definition) is 3. The van der Waals surface area contributed by atoms with Gasteiger partial charge in [0.1, 0.15) is 12.4 Å². The zero-order valence-electron chi connectivity index (χ0n) is 11.9. The van der Waals surface area contributed by atoms with E-state index < -0.39 is 5.69 Å². The second-order valence-electron chi connectivity index (χ2n) is 4.86. The maximum absolute atomic E-state index is 11.6. The highest BCUT2D eigenvalue weighted by atomic mass is 16.5. The van der Waals surface area contributed by atoms with Crippen LogP contribution in [0.3, 0.4) is 0 Å². The van der Waals surface area contributed by atoms with Crippen LogP contribution in [0.4, 0.5) is 0 Å². The number of nitrogens with one attached hydrogen (secondary N) is 1. The zero-order valence-corrected chi connectivity index (χ0v) is 11.9. The first-order chi connectivity index (χ1) is 9.47. The lowest BCUT2D eigenvalue weighted by atomic mass is 10.1. The smallest absolute Gasteiger partial charge is 0.328 e. The van der Waals surface area contributed by atoms with Crippen molar-refractivity contribution in [3.63, 3.8) is 0 Å². The fourth-order valence-corrected chi connectivity index (χ4v) is 1.85. The monoisotopic (exact) mass is 274 g/mol. The molecule has 0 saturated carbocycles. The third-order valence-corrected chi connectivity index (χ3v) is 3.27. The van der Waals surface area contributed by atoms with Crippen LogP contribution in [0.25, 0.3) is 0 Å². The van der Waals surface area contributed by atoms with Crippen LogP contribution in [-0.2, 0) is 6.54 Å². The summed E-state index contributed by atoms with van der Waals surface area (Å²) in [6.07, 6.45) is 1.55. The van der Waals surface area contributed by atoms with E-state index in [1.807, 2.05) is 32.0 Å². The van der Waals surface area contributed by atoms with Gasteiger partial charge in [0, 0.05) is 11.8 Å². The van der Waals surface area contributed by atoms with Gasteiger partial charge in [-0.1, -0.05) is 6.07 Å². The minimum Gasteiger partial charge on any atom is -0.492 e. The van der Waals surface area contributed by atoms with Gasteiger partial charge in [-0.15, -0.1) is 0 Å². The van der Waals surface area contributed by atoms with E-state index in [1.54, 1.807) is 13.1 Å². The van der Waals surface area contributed by atoms with E-state index in [1.165, 1.54) is 15.7 Å². The number of nitrogens with zero attached hydrogens (tertiary/aromatic N) is 1. The van der Waals surface area contributed by atoms with Gasteiger partial charge in [0.05, 0.1) is 6.54 Å².